The smallest absolute Gasteiger partial charge is 0.306 e. The third-order valence-electron chi connectivity index (χ3n) is 16.1. The number of allylic oxidation sites excluding steroid dienone is 4. The molecule has 2 bridgehead atoms. The number of ether oxygens (including phenoxy) is 9. The molecule has 5 aliphatic heterocycles. The zero-order chi connectivity index (χ0) is 56.7. The Hall–Kier alpha value is -2.70. The largest absolute Gasteiger partial charge is 0.490 e. The quantitative estimate of drug-likeness (QED) is 0.0986. The molecular weight excluding hydrogens is 1000 g/mol. The molecule has 0 aliphatic carbocycles. The first kappa shape index (κ1) is 65.1. The Balaban J connectivity index is 1.34. The van der Waals surface area contributed by atoms with Gasteiger partial charge in [0.1, 0.15) is 36.3 Å². The molecule has 0 aromatic rings. The number of carbonyl (C=O) groups is 2. The van der Waals surface area contributed by atoms with Crippen molar-refractivity contribution in [3.8, 4) is 0 Å². The molecule has 0 spiro atoms. The van der Waals surface area contributed by atoms with Crippen LogP contribution in [0.3, 0.4) is 0 Å². The number of aliphatic hydroxyl groups is 8. The van der Waals surface area contributed by atoms with E-state index in [9.17, 15) is 50.4 Å². The van der Waals surface area contributed by atoms with Gasteiger partial charge in [0.05, 0.1) is 73.2 Å². The fraction of sp³-hybridized carbons (Fsp3) is 0.828. The number of aliphatic hydroxyl groups excluding tert-OH is 8. The lowest BCUT2D eigenvalue weighted by Crippen LogP contribution is -2.54. The normalized spacial score (nSPS) is 41.2. The van der Waals surface area contributed by atoms with Crippen LogP contribution < -0.4 is 0 Å². The standard InChI is InChI=1S/C58H96O19/c1-31(2)23-48(76-54-30-50(58(68)38(9)72-54)77-52-28-46(63)56(66)36(7)70-52)35(6)55(65)34(5)45(62)27-47-33(4)20-21-41-17-14-16-39(59)24-43(74-53-29-49(69-10)57(67)37(8)71-53)26-42(73-41)22-19-32(3)44(61)25-40(60)15-12-11-13-18-51(64)75-47/h14,16-17,19-21,31,33-40,42-43,45-50,52-60,62-63,65-68H,11-13,15,18,22-30H2,1-10H3/b16-14+,21-20+,32-19-,41-17-. The SMILES string of the molecule is COC1CC(OC2CC(O)/C=C/C=C3/C=C/C(C)C(CC(O)C(C)C(O)C(C)C(CC(C)C)OC4CC(OC5CC(O)C(O)C(C)O5)C(O)C(C)O4)OC(=O)CCCCCC(O)CC(=O)/C(C)=C\CC(C2)O3)OC(C)C1O. The van der Waals surface area contributed by atoms with Gasteiger partial charge in [0.25, 0.3) is 0 Å². The van der Waals surface area contributed by atoms with Crippen LogP contribution in [-0.4, -0.2) is 182 Å². The molecule has 77 heavy (non-hydrogen) atoms. The summed E-state index contributed by atoms with van der Waals surface area (Å²) in [7, 11) is 1.52. The lowest BCUT2D eigenvalue weighted by molar-refractivity contribution is -0.314. The molecule has 5 rings (SSSR count). The highest BCUT2D eigenvalue weighted by atomic mass is 16.7. The molecule has 0 aromatic heterocycles. The van der Waals surface area contributed by atoms with Gasteiger partial charge in [0, 0.05) is 82.7 Å². The lowest BCUT2D eigenvalue weighted by Gasteiger charge is -2.43. The molecule has 3 saturated heterocycles. The Morgan fingerprint density at radius 3 is 2.05 bits per heavy atom. The van der Waals surface area contributed by atoms with E-state index in [2.05, 4.69) is 0 Å². The first-order chi connectivity index (χ1) is 36.4. The lowest BCUT2D eigenvalue weighted by atomic mass is 9.81. The number of hydrogen-bond donors (Lipinski definition) is 8. The first-order valence-corrected chi connectivity index (χ1v) is 28.4. The van der Waals surface area contributed by atoms with Crippen molar-refractivity contribution in [2.24, 2.45) is 23.7 Å². The number of methoxy groups -OCH3 is 1. The van der Waals surface area contributed by atoms with Gasteiger partial charge in [-0.25, -0.2) is 0 Å². The molecule has 8 N–H and O–H groups in total. The molecular formula is C58H96O19. The number of carbonyl (C=O) groups excluding carboxylic acids is 2. The number of Topliss-reactive ketones (excluding diaryl/α,β-unsaturated/α-hetero) is 1. The van der Waals surface area contributed by atoms with E-state index in [0.717, 1.165) is 0 Å². The highest BCUT2D eigenvalue weighted by Gasteiger charge is 2.44. The minimum atomic E-state index is -1.15. The van der Waals surface area contributed by atoms with Gasteiger partial charge in [0.2, 0.25) is 0 Å². The number of esters is 1. The molecule has 23 unspecified atom stereocenters. The van der Waals surface area contributed by atoms with Crippen LogP contribution in [0.5, 0.6) is 0 Å². The monoisotopic (exact) mass is 1100 g/mol. The van der Waals surface area contributed by atoms with Crippen molar-refractivity contribution in [1.29, 1.82) is 0 Å². The fourth-order valence-corrected chi connectivity index (χ4v) is 10.9. The Bertz CT molecular complexity index is 1900. The van der Waals surface area contributed by atoms with Crippen molar-refractivity contribution in [3.05, 3.63) is 47.8 Å². The summed E-state index contributed by atoms with van der Waals surface area (Å²) in [6, 6.07) is 0. The highest BCUT2D eigenvalue weighted by Crippen LogP contribution is 2.35. The van der Waals surface area contributed by atoms with E-state index in [0.29, 0.717) is 43.4 Å². The molecule has 19 nitrogen and oxygen atoms in total. The summed E-state index contributed by atoms with van der Waals surface area (Å²) in [4.78, 5) is 26.9. The number of cyclic esters (lactones) is 1. The molecule has 3 fully saturated rings. The maximum atomic E-state index is 13.6. The van der Waals surface area contributed by atoms with Crippen LogP contribution in [0.2, 0.25) is 0 Å². The van der Waals surface area contributed by atoms with Gasteiger partial charge in [-0.3, -0.25) is 9.59 Å². The minimum Gasteiger partial charge on any atom is -0.490 e. The van der Waals surface area contributed by atoms with E-state index in [1.807, 2.05) is 33.8 Å². The van der Waals surface area contributed by atoms with Gasteiger partial charge in [0.15, 0.2) is 24.7 Å². The summed E-state index contributed by atoms with van der Waals surface area (Å²) in [5, 5.41) is 88.3. The molecule has 0 saturated carbocycles. The molecule has 5 heterocycles. The van der Waals surface area contributed by atoms with Gasteiger partial charge < -0.3 is 83.5 Å². The minimum absolute atomic E-state index is 0.0210. The van der Waals surface area contributed by atoms with E-state index in [1.165, 1.54) is 7.11 Å². The second-order valence-corrected chi connectivity index (χ2v) is 23.1. The predicted octanol–water partition coefficient (Wildman–Crippen LogP) is 5.14. The molecule has 442 valence electrons. The van der Waals surface area contributed by atoms with E-state index < -0.39 is 146 Å². The van der Waals surface area contributed by atoms with Crippen LogP contribution in [0.1, 0.15) is 152 Å². The second kappa shape index (κ2) is 31.5. The average Bonchev–Trinajstić information content (AvgIpc) is 3.36. The van der Waals surface area contributed by atoms with Gasteiger partial charge >= 0.3 is 5.97 Å². The number of hydrogen-bond acceptors (Lipinski definition) is 19. The topological polar surface area (TPSA) is 279 Å². The summed E-state index contributed by atoms with van der Waals surface area (Å²) in [5.41, 5.74) is 0.479. The second-order valence-electron chi connectivity index (χ2n) is 23.1. The van der Waals surface area contributed by atoms with Crippen molar-refractivity contribution in [2.45, 2.75) is 275 Å². The van der Waals surface area contributed by atoms with E-state index in [1.54, 1.807) is 65.0 Å². The van der Waals surface area contributed by atoms with Gasteiger partial charge in [-0.15, -0.1) is 0 Å². The van der Waals surface area contributed by atoms with Crippen molar-refractivity contribution >= 4 is 11.8 Å². The van der Waals surface area contributed by atoms with Crippen molar-refractivity contribution in [3.63, 3.8) is 0 Å². The van der Waals surface area contributed by atoms with Crippen LogP contribution >= 0.6 is 0 Å². The van der Waals surface area contributed by atoms with Crippen molar-refractivity contribution < 1.29 is 93.1 Å². The number of ketones is 1. The van der Waals surface area contributed by atoms with Gasteiger partial charge in [-0.05, 0) is 70.6 Å². The highest BCUT2D eigenvalue weighted by molar-refractivity contribution is 5.95. The first-order valence-electron chi connectivity index (χ1n) is 28.4. The van der Waals surface area contributed by atoms with E-state index in [-0.39, 0.29) is 69.5 Å². The van der Waals surface area contributed by atoms with Gasteiger partial charge in [-0.2, -0.15) is 0 Å². The summed E-state index contributed by atoms with van der Waals surface area (Å²) in [5.74, 6) is -1.87. The third kappa shape index (κ3) is 20.4. The third-order valence-corrected chi connectivity index (χ3v) is 16.1. The van der Waals surface area contributed by atoms with E-state index in [4.69, 9.17) is 42.6 Å². The Morgan fingerprint density at radius 1 is 0.727 bits per heavy atom. The summed E-state index contributed by atoms with van der Waals surface area (Å²) in [6.07, 6.45) is -2.10. The summed E-state index contributed by atoms with van der Waals surface area (Å²) >= 11 is 0. The summed E-state index contributed by atoms with van der Waals surface area (Å²) in [6.45, 7) is 16.3. The fourth-order valence-electron chi connectivity index (χ4n) is 10.9. The average molecular weight is 1100 g/mol. The van der Waals surface area contributed by atoms with E-state index >= 15 is 0 Å². The van der Waals surface area contributed by atoms with Crippen molar-refractivity contribution in [2.75, 3.05) is 7.11 Å². The molecule has 0 aromatic carbocycles. The Labute approximate surface area is 456 Å². The summed E-state index contributed by atoms with van der Waals surface area (Å²) < 4.78 is 55.6. The maximum absolute atomic E-state index is 13.6. The Kier molecular flexibility index (Phi) is 26.6. The van der Waals surface area contributed by atoms with Crippen LogP contribution in [0.15, 0.2) is 47.8 Å². The van der Waals surface area contributed by atoms with Crippen LogP contribution in [0, 0.1) is 23.7 Å². The molecule has 0 amide bonds. The molecule has 5 aliphatic rings. The zero-order valence-electron chi connectivity index (χ0n) is 47.3. The van der Waals surface area contributed by atoms with Crippen molar-refractivity contribution in [1.82, 2.24) is 0 Å². The zero-order valence-corrected chi connectivity index (χ0v) is 47.3. The maximum Gasteiger partial charge on any atom is 0.306 e. The molecule has 0 radical (unpaired) electrons. The Morgan fingerprint density at radius 2 is 1.38 bits per heavy atom. The molecule has 19 heteroatoms. The van der Waals surface area contributed by atoms with Gasteiger partial charge in [-0.1, -0.05) is 71.8 Å². The van der Waals surface area contributed by atoms with Crippen LogP contribution in [-0.2, 0) is 52.2 Å². The number of fused-ring (bicyclic) bond motifs is 2. The molecule has 23 atom stereocenters. The predicted molar refractivity (Wildman–Crippen MR) is 283 cm³/mol. The number of rotatable bonds is 15. The van der Waals surface area contributed by atoms with Crippen LogP contribution in [0.4, 0.5) is 0 Å². The van der Waals surface area contributed by atoms with Crippen LogP contribution in [0.25, 0.3) is 0 Å².